The van der Waals surface area contributed by atoms with Gasteiger partial charge in [-0.2, -0.15) is 0 Å². The lowest BCUT2D eigenvalue weighted by Gasteiger charge is -2.06. The zero-order chi connectivity index (χ0) is 10.6. The van der Waals surface area contributed by atoms with Crippen molar-refractivity contribution in [3.05, 3.63) is 42.0 Å². The fourth-order valence-corrected chi connectivity index (χ4v) is 1.20. The molecule has 1 aromatic carbocycles. The number of amides is 1. The monoisotopic (exact) mass is 190 g/mol. The number of hydrogen-bond acceptors (Lipinski definition) is 2. The molecule has 1 aromatic rings. The first kappa shape index (κ1) is 10.3. The molecular formula is C11H14N2O. The largest absolute Gasteiger partial charge is 0.399 e. The Bertz CT molecular complexity index is 358. The minimum atomic E-state index is -0.0950. The lowest BCUT2D eigenvalue weighted by molar-refractivity contribution is 0.0957. The van der Waals surface area contributed by atoms with Crippen LogP contribution in [0.3, 0.4) is 0 Å². The first-order valence-corrected chi connectivity index (χ1v) is 4.40. The number of hydrogen-bond donors (Lipinski definition) is 2. The van der Waals surface area contributed by atoms with Crippen LogP contribution in [0.2, 0.25) is 0 Å². The number of anilines is 1. The van der Waals surface area contributed by atoms with Crippen LogP contribution in [0, 0.1) is 6.92 Å². The van der Waals surface area contributed by atoms with Gasteiger partial charge in [0.05, 0.1) is 0 Å². The topological polar surface area (TPSA) is 55.1 Å². The van der Waals surface area contributed by atoms with Crippen LogP contribution in [0.15, 0.2) is 30.9 Å². The van der Waals surface area contributed by atoms with E-state index in [0.29, 0.717) is 17.8 Å². The summed E-state index contributed by atoms with van der Waals surface area (Å²) in [5.74, 6) is -0.0950. The molecule has 0 saturated heterocycles. The average Bonchev–Trinajstić information content (AvgIpc) is 2.14. The first-order valence-electron chi connectivity index (χ1n) is 4.40. The van der Waals surface area contributed by atoms with Crippen molar-refractivity contribution in [2.75, 3.05) is 12.3 Å². The third kappa shape index (κ3) is 2.36. The lowest BCUT2D eigenvalue weighted by Crippen LogP contribution is -2.23. The number of aryl methyl sites for hydroxylation is 1. The van der Waals surface area contributed by atoms with Gasteiger partial charge in [0.15, 0.2) is 0 Å². The van der Waals surface area contributed by atoms with Gasteiger partial charge in [-0.1, -0.05) is 6.08 Å². The minimum absolute atomic E-state index is 0.0950. The summed E-state index contributed by atoms with van der Waals surface area (Å²) in [4.78, 5) is 11.5. The Balaban J connectivity index is 2.84. The van der Waals surface area contributed by atoms with Crippen molar-refractivity contribution in [2.24, 2.45) is 0 Å². The highest BCUT2D eigenvalue weighted by atomic mass is 16.1. The second kappa shape index (κ2) is 4.46. The van der Waals surface area contributed by atoms with Crippen LogP contribution in [0.1, 0.15) is 15.9 Å². The minimum Gasteiger partial charge on any atom is -0.399 e. The molecule has 1 rings (SSSR count). The van der Waals surface area contributed by atoms with Gasteiger partial charge < -0.3 is 11.1 Å². The molecule has 14 heavy (non-hydrogen) atoms. The molecule has 74 valence electrons. The molecule has 3 heteroatoms. The molecule has 0 atom stereocenters. The highest BCUT2D eigenvalue weighted by Crippen LogP contribution is 2.11. The Morgan fingerprint density at radius 2 is 2.36 bits per heavy atom. The van der Waals surface area contributed by atoms with Crippen molar-refractivity contribution in [1.82, 2.24) is 5.32 Å². The van der Waals surface area contributed by atoms with Crippen LogP contribution in [0.5, 0.6) is 0 Å². The van der Waals surface area contributed by atoms with Gasteiger partial charge in [-0.15, -0.1) is 6.58 Å². The summed E-state index contributed by atoms with van der Waals surface area (Å²) in [6, 6.07) is 5.22. The molecule has 3 nitrogen and oxygen atoms in total. The van der Waals surface area contributed by atoms with Crippen molar-refractivity contribution >= 4 is 11.6 Å². The summed E-state index contributed by atoms with van der Waals surface area (Å²) in [5.41, 5.74) is 7.78. The third-order valence-electron chi connectivity index (χ3n) is 1.90. The maximum atomic E-state index is 11.5. The number of nitrogens with two attached hydrogens (primary N) is 1. The summed E-state index contributed by atoms with van der Waals surface area (Å²) >= 11 is 0. The van der Waals surface area contributed by atoms with E-state index in [-0.39, 0.29) is 5.91 Å². The average molecular weight is 190 g/mol. The van der Waals surface area contributed by atoms with E-state index in [1.165, 1.54) is 0 Å². The molecular weight excluding hydrogens is 176 g/mol. The van der Waals surface area contributed by atoms with E-state index in [4.69, 9.17) is 5.73 Å². The summed E-state index contributed by atoms with van der Waals surface area (Å²) in [6.45, 7) is 5.86. The van der Waals surface area contributed by atoms with Crippen LogP contribution in [-0.2, 0) is 0 Å². The number of carbonyl (C=O) groups excluding carboxylic acids is 1. The van der Waals surface area contributed by atoms with Crippen molar-refractivity contribution in [1.29, 1.82) is 0 Å². The van der Waals surface area contributed by atoms with Gasteiger partial charge in [0.25, 0.3) is 5.91 Å². The van der Waals surface area contributed by atoms with Gasteiger partial charge in [-0.05, 0) is 30.7 Å². The predicted octanol–water partition coefficient (Wildman–Crippen LogP) is 1.49. The maximum absolute atomic E-state index is 11.5. The molecule has 0 radical (unpaired) electrons. The van der Waals surface area contributed by atoms with Crippen LogP contribution in [-0.4, -0.2) is 12.5 Å². The van der Waals surface area contributed by atoms with Crippen molar-refractivity contribution in [3.8, 4) is 0 Å². The second-order valence-corrected chi connectivity index (χ2v) is 3.07. The molecule has 0 aromatic heterocycles. The smallest absolute Gasteiger partial charge is 0.251 e. The summed E-state index contributed by atoms with van der Waals surface area (Å²) in [7, 11) is 0. The number of nitrogens with one attached hydrogen (secondary N) is 1. The van der Waals surface area contributed by atoms with E-state index in [2.05, 4.69) is 11.9 Å². The van der Waals surface area contributed by atoms with Crippen LogP contribution in [0.25, 0.3) is 0 Å². The highest BCUT2D eigenvalue weighted by Gasteiger charge is 2.06. The van der Waals surface area contributed by atoms with E-state index in [1.807, 2.05) is 6.92 Å². The predicted molar refractivity (Wildman–Crippen MR) is 58.1 cm³/mol. The third-order valence-corrected chi connectivity index (χ3v) is 1.90. The zero-order valence-electron chi connectivity index (χ0n) is 8.21. The number of rotatable bonds is 3. The Labute approximate surface area is 83.6 Å². The Morgan fingerprint density at radius 3 is 2.93 bits per heavy atom. The Morgan fingerprint density at radius 1 is 1.64 bits per heavy atom. The van der Waals surface area contributed by atoms with E-state index < -0.39 is 0 Å². The lowest BCUT2D eigenvalue weighted by atomic mass is 10.1. The molecule has 0 unspecified atom stereocenters. The van der Waals surface area contributed by atoms with Crippen LogP contribution < -0.4 is 11.1 Å². The molecule has 0 aliphatic heterocycles. The van der Waals surface area contributed by atoms with E-state index in [0.717, 1.165) is 5.56 Å². The van der Waals surface area contributed by atoms with Crippen molar-refractivity contribution in [3.63, 3.8) is 0 Å². The molecule has 0 heterocycles. The van der Waals surface area contributed by atoms with Gasteiger partial charge in [-0.25, -0.2) is 0 Å². The van der Waals surface area contributed by atoms with Gasteiger partial charge >= 0.3 is 0 Å². The van der Waals surface area contributed by atoms with Gasteiger partial charge in [0.1, 0.15) is 0 Å². The molecule has 3 N–H and O–H groups in total. The second-order valence-electron chi connectivity index (χ2n) is 3.07. The highest BCUT2D eigenvalue weighted by molar-refractivity contribution is 5.96. The number of benzene rings is 1. The van der Waals surface area contributed by atoms with Gasteiger partial charge in [0.2, 0.25) is 0 Å². The van der Waals surface area contributed by atoms with Crippen LogP contribution >= 0.6 is 0 Å². The Hall–Kier alpha value is -1.77. The van der Waals surface area contributed by atoms with Gasteiger partial charge in [0, 0.05) is 17.8 Å². The van der Waals surface area contributed by atoms with Crippen molar-refractivity contribution in [2.45, 2.75) is 6.92 Å². The SMILES string of the molecule is C=CCNC(=O)c1ccc(N)cc1C. The quantitative estimate of drug-likeness (QED) is 0.560. The maximum Gasteiger partial charge on any atom is 0.251 e. The molecule has 0 saturated carbocycles. The molecule has 0 fully saturated rings. The van der Waals surface area contributed by atoms with E-state index >= 15 is 0 Å². The Kier molecular flexibility index (Phi) is 3.29. The standard InChI is InChI=1S/C11H14N2O/c1-3-6-13-11(14)10-5-4-9(12)7-8(10)2/h3-5,7H,1,6,12H2,2H3,(H,13,14). The fourth-order valence-electron chi connectivity index (χ4n) is 1.20. The molecule has 1 amide bonds. The number of carbonyl (C=O) groups is 1. The molecule has 0 bridgehead atoms. The van der Waals surface area contributed by atoms with Gasteiger partial charge in [-0.3, -0.25) is 4.79 Å². The van der Waals surface area contributed by atoms with E-state index in [9.17, 15) is 4.79 Å². The molecule has 0 aliphatic rings. The summed E-state index contributed by atoms with van der Waals surface area (Å²) < 4.78 is 0. The summed E-state index contributed by atoms with van der Waals surface area (Å²) in [5, 5.41) is 2.71. The molecule has 0 aliphatic carbocycles. The fraction of sp³-hybridized carbons (Fsp3) is 0.182. The molecule has 0 spiro atoms. The van der Waals surface area contributed by atoms with E-state index in [1.54, 1.807) is 24.3 Å². The number of nitrogen functional groups attached to an aromatic ring is 1. The first-order chi connectivity index (χ1) is 6.65. The zero-order valence-corrected chi connectivity index (χ0v) is 8.21. The van der Waals surface area contributed by atoms with Crippen LogP contribution in [0.4, 0.5) is 5.69 Å². The normalized spacial score (nSPS) is 9.50. The summed E-state index contributed by atoms with van der Waals surface area (Å²) in [6.07, 6.45) is 1.64. The van der Waals surface area contributed by atoms with Crippen molar-refractivity contribution < 1.29 is 4.79 Å².